The lowest BCUT2D eigenvalue weighted by Crippen LogP contribution is -2.49. The second-order valence-corrected chi connectivity index (χ2v) is 6.52. The van der Waals surface area contributed by atoms with E-state index in [1.54, 1.807) is 24.1 Å². The van der Waals surface area contributed by atoms with Gasteiger partial charge in [-0.25, -0.2) is 9.18 Å². The van der Waals surface area contributed by atoms with E-state index in [1.807, 2.05) is 0 Å². The van der Waals surface area contributed by atoms with E-state index >= 15 is 0 Å². The number of pyridine rings is 1. The second kappa shape index (κ2) is 5.58. The normalized spacial score (nSPS) is 22.0. The van der Waals surface area contributed by atoms with E-state index in [1.165, 1.54) is 6.20 Å². The number of rotatable bonds is 1. The van der Waals surface area contributed by atoms with Crippen molar-refractivity contribution in [2.45, 2.75) is 11.8 Å². The predicted octanol–water partition coefficient (Wildman–Crippen LogP) is 1.24. The zero-order valence-electron chi connectivity index (χ0n) is 13.7. The number of halogens is 1. The lowest BCUT2D eigenvalue weighted by atomic mass is 9.79. The fourth-order valence-electron chi connectivity index (χ4n) is 3.78. The third-order valence-electron chi connectivity index (χ3n) is 5.10. The van der Waals surface area contributed by atoms with Gasteiger partial charge in [0.2, 0.25) is 0 Å². The van der Waals surface area contributed by atoms with Crippen molar-refractivity contribution >= 4 is 11.9 Å². The number of carbonyl (C=O) groups excluding carboxylic acids is 2. The smallest absolute Gasteiger partial charge is 0.317 e. The van der Waals surface area contributed by atoms with Crippen molar-refractivity contribution in [3.63, 3.8) is 0 Å². The summed E-state index contributed by atoms with van der Waals surface area (Å²) in [5.74, 6) is -0.634. The predicted molar refractivity (Wildman–Crippen MR) is 88.6 cm³/mol. The van der Waals surface area contributed by atoms with E-state index in [9.17, 15) is 14.0 Å². The van der Waals surface area contributed by atoms with Gasteiger partial charge in [-0.15, -0.1) is 0 Å². The maximum Gasteiger partial charge on any atom is 0.317 e. The number of nitrogens with zero attached hydrogens (tertiary/aromatic N) is 2. The number of H-pyrrole nitrogens is 1. The van der Waals surface area contributed by atoms with Crippen molar-refractivity contribution in [2.24, 2.45) is 0 Å². The molecule has 0 aromatic carbocycles. The molecule has 0 radical (unpaired) electrons. The summed E-state index contributed by atoms with van der Waals surface area (Å²) in [6.45, 7) is 1.55. The molecule has 0 bridgehead atoms. The number of nitrogens with one attached hydrogen (secondary N) is 3. The zero-order valence-corrected chi connectivity index (χ0v) is 13.7. The Morgan fingerprint density at radius 1 is 1.44 bits per heavy atom. The Morgan fingerprint density at radius 3 is 3.04 bits per heavy atom. The Balaban J connectivity index is 1.77. The van der Waals surface area contributed by atoms with E-state index in [2.05, 4.69) is 20.6 Å². The van der Waals surface area contributed by atoms with E-state index in [4.69, 9.17) is 0 Å². The number of aromatic amines is 1. The van der Waals surface area contributed by atoms with Gasteiger partial charge in [0.05, 0.1) is 11.8 Å². The van der Waals surface area contributed by atoms with Crippen molar-refractivity contribution in [3.8, 4) is 11.3 Å². The molecular weight excluding hydrogens is 325 g/mol. The molecule has 0 aliphatic carbocycles. The molecule has 1 unspecified atom stereocenters. The molecule has 4 heterocycles. The van der Waals surface area contributed by atoms with Crippen LogP contribution >= 0.6 is 0 Å². The van der Waals surface area contributed by atoms with E-state index < -0.39 is 5.82 Å². The number of hydrogen-bond acceptors (Lipinski definition) is 3. The van der Waals surface area contributed by atoms with Crippen LogP contribution in [0.25, 0.3) is 11.3 Å². The molecular formula is C17H18FN5O2. The van der Waals surface area contributed by atoms with Gasteiger partial charge in [-0.05, 0) is 18.6 Å². The molecule has 2 aliphatic rings. The van der Waals surface area contributed by atoms with Crippen LogP contribution in [-0.4, -0.2) is 53.5 Å². The number of urea groups is 1. The molecule has 0 saturated carbocycles. The average molecular weight is 343 g/mol. The summed E-state index contributed by atoms with van der Waals surface area (Å²) in [6, 6.07) is 3.11. The van der Waals surface area contributed by atoms with Gasteiger partial charge >= 0.3 is 6.03 Å². The number of hydrogen-bond donors (Lipinski definition) is 3. The summed E-state index contributed by atoms with van der Waals surface area (Å²) >= 11 is 0. The topological polar surface area (TPSA) is 90.1 Å². The molecule has 2 aromatic heterocycles. The Morgan fingerprint density at radius 2 is 2.28 bits per heavy atom. The molecule has 25 heavy (non-hydrogen) atoms. The van der Waals surface area contributed by atoms with Crippen LogP contribution < -0.4 is 10.6 Å². The van der Waals surface area contributed by atoms with Gasteiger partial charge in [0.25, 0.3) is 5.91 Å². The lowest BCUT2D eigenvalue weighted by molar-refractivity contribution is 0.0925. The summed E-state index contributed by atoms with van der Waals surface area (Å²) in [6.07, 6.45) is 3.39. The van der Waals surface area contributed by atoms with Crippen molar-refractivity contribution in [2.75, 3.05) is 26.7 Å². The molecule has 7 nitrogen and oxygen atoms in total. The number of carbonyl (C=O) groups is 2. The minimum atomic E-state index is -0.450. The van der Waals surface area contributed by atoms with Crippen molar-refractivity contribution < 1.29 is 14.0 Å². The molecule has 1 saturated heterocycles. The monoisotopic (exact) mass is 343 g/mol. The first-order valence-corrected chi connectivity index (χ1v) is 8.12. The Hall–Kier alpha value is -2.90. The van der Waals surface area contributed by atoms with Crippen LogP contribution in [0, 0.1) is 5.82 Å². The summed E-state index contributed by atoms with van der Waals surface area (Å²) < 4.78 is 14.1. The van der Waals surface area contributed by atoms with Crippen LogP contribution in [0.4, 0.5) is 9.18 Å². The maximum absolute atomic E-state index is 14.1. The summed E-state index contributed by atoms with van der Waals surface area (Å²) in [5.41, 5.74) is 1.82. The fraction of sp³-hybridized carbons (Fsp3) is 0.353. The maximum atomic E-state index is 14.1. The SMILES string of the molecule is CNC(=O)N1CCC2(CNC(=O)c3cc(-c4ccncc4F)[nH]c32)C1. The third kappa shape index (κ3) is 2.36. The summed E-state index contributed by atoms with van der Waals surface area (Å²) in [7, 11) is 1.60. The Labute approximate surface area is 143 Å². The number of amides is 3. The highest BCUT2D eigenvalue weighted by atomic mass is 19.1. The first kappa shape index (κ1) is 15.6. The lowest BCUT2D eigenvalue weighted by Gasteiger charge is -2.33. The molecule has 2 aliphatic heterocycles. The molecule has 4 rings (SSSR count). The molecule has 3 N–H and O–H groups in total. The van der Waals surface area contributed by atoms with Crippen LogP contribution in [0.3, 0.4) is 0 Å². The first-order valence-electron chi connectivity index (χ1n) is 8.12. The summed E-state index contributed by atoms with van der Waals surface area (Å²) in [4.78, 5) is 33.0. The van der Waals surface area contributed by atoms with E-state index in [0.29, 0.717) is 36.5 Å². The van der Waals surface area contributed by atoms with Gasteiger partial charge in [-0.2, -0.15) is 0 Å². The van der Waals surface area contributed by atoms with Crippen LogP contribution in [0.5, 0.6) is 0 Å². The minimum absolute atomic E-state index is 0.137. The van der Waals surface area contributed by atoms with Crippen LogP contribution in [0.2, 0.25) is 0 Å². The highest BCUT2D eigenvalue weighted by molar-refractivity contribution is 5.98. The minimum Gasteiger partial charge on any atom is -0.357 e. The molecule has 1 atom stereocenters. The van der Waals surface area contributed by atoms with Gasteiger partial charge in [-0.1, -0.05) is 0 Å². The standard InChI is InChI=1S/C17H18FN5O2/c1-19-16(25)23-5-3-17(9-23)8-21-15(24)11-6-13(22-14(11)17)10-2-4-20-7-12(10)18/h2,4,6-7,22H,3,5,8-9H2,1H3,(H,19,25)(H,21,24). The van der Waals surface area contributed by atoms with Gasteiger partial charge in [-0.3, -0.25) is 9.78 Å². The number of aromatic nitrogens is 2. The van der Waals surface area contributed by atoms with Gasteiger partial charge < -0.3 is 20.5 Å². The van der Waals surface area contributed by atoms with Crippen LogP contribution in [0.1, 0.15) is 22.5 Å². The van der Waals surface area contributed by atoms with Crippen LogP contribution in [-0.2, 0) is 5.41 Å². The van der Waals surface area contributed by atoms with Crippen molar-refractivity contribution in [1.29, 1.82) is 0 Å². The highest BCUT2D eigenvalue weighted by Crippen LogP contribution is 2.40. The molecule has 2 aromatic rings. The third-order valence-corrected chi connectivity index (χ3v) is 5.10. The number of fused-ring (bicyclic) bond motifs is 2. The second-order valence-electron chi connectivity index (χ2n) is 6.52. The van der Waals surface area contributed by atoms with Gasteiger partial charge in [0.15, 0.2) is 5.82 Å². The molecule has 1 fully saturated rings. The van der Waals surface area contributed by atoms with Gasteiger partial charge in [0, 0.05) is 55.2 Å². The first-order chi connectivity index (χ1) is 12.0. The zero-order chi connectivity index (χ0) is 17.6. The molecule has 130 valence electrons. The van der Waals surface area contributed by atoms with E-state index in [-0.39, 0.29) is 17.4 Å². The molecule has 3 amide bonds. The largest absolute Gasteiger partial charge is 0.357 e. The highest BCUT2D eigenvalue weighted by Gasteiger charge is 2.47. The Kier molecular flexibility index (Phi) is 3.48. The van der Waals surface area contributed by atoms with Crippen LogP contribution in [0.15, 0.2) is 24.5 Å². The van der Waals surface area contributed by atoms with Crippen molar-refractivity contribution in [3.05, 3.63) is 41.6 Å². The number of likely N-dealkylation sites (tertiary alicyclic amines) is 1. The molecule has 1 spiro atoms. The average Bonchev–Trinajstić information content (AvgIpc) is 3.25. The van der Waals surface area contributed by atoms with Crippen molar-refractivity contribution in [1.82, 2.24) is 25.5 Å². The fourth-order valence-corrected chi connectivity index (χ4v) is 3.78. The summed E-state index contributed by atoms with van der Waals surface area (Å²) in [5, 5.41) is 5.54. The van der Waals surface area contributed by atoms with Gasteiger partial charge in [0.1, 0.15) is 0 Å². The molecule has 8 heteroatoms. The Bertz CT molecular complexity index is 864. The van der Waals surface area contributed by atoms with E-state index in [0.717, 1.165) is 18.3 Å². The quantitative estimate of drug-likeness (QED) is 0.728.